The summed E-state index contributed by atoms with van der Waals surface area (Å²) in [7, 11) is 0. The third-order valence-corrected chi connectivity index (χ3v) is 2.75. The van der Waals surface area contributed by atoms with E-state index in [0.29, 0.717) is 0 Å². The largest absolute Gasteiger partial charge is 0.396 e. The molecule has 1 heterocycles. The lowest BCUT2D eigenvalue weighted by Crippen LogP contribution is -1.93. The average molecular weight is 215 g/mol. The zero-order valence-electron chi connectivity index (χ0n) is 9.77. The molecule has 0 aliphatic carbocycles. The van der Waals surface area contributed by atoms with Crippen molar-refractivity contribution < 1.29 is 0 Å². The summed E-state index contributed by atoms with van der Waals surface area (Å²) < 4.78 is 1.86. The Bertz CT molecular complexity index is 468. The van der Waals surface area contributed by atoms with Crippen LogP contribution in [0.5, 0.6) is 0 Å². The number of aromatic nitrogens is 2. The standard InChI is InChI=1S/C13H17N3/c1-3-10-5-7-11(8-6-10)13-12(14)9-16(4-2)15-13/h5-9H,3-4,14H2,1-2H3. The van der Waals surface area contributed by atoms with Crippen LogP contribution in [-0.4, -0.2) is 9.78 Å². The summed E-state index contributed by atoms with van der Waals surface area (Å²) in [4.78, 5) is 0. The molecule has 2 rings (SSSR count). The van der Waals surface area contributed by atoms with Crippen molar-refractivity contribution in [2.24, 2.45) is 0 Å². The second-order valence-corrected chi connectivity index (χ2v) is 3.84. The minimum absolute atomic E-state index is 0.742. The van der Waals surface area contributed by atoms with Crippen LogP contribution < -0.4 is 5.73 Å². The highest BCUT2D eigenvalue weighted by Crippen LogP contribution is 2.24. The van der Waals surface area contributed by atoms with Gasteiger partial charge in [0.15, 0.2) is 0 Å². The maximum Gasteiger partial charge on any atom is 0.115 e. The SMILES string of the molecule is CCc1ccc(-c2nn(CC)cc2N)cc1. The Morgan fingerprint density at radius 1 is 1.19 bits per heavy atom. The molecule has 0 spiro atoms. The molecule has 0 aliphatic heterocycles. The smallest absolute Gasteiger partial charge is 0.115 e. The van der Waals surface area contributed by atoms with Gasteiger partial charge in [0.05, 0.1) is 5.69 Å². The van der Waals surface area contributed by atoms with Gasteiger partial charge in [-0.05, 0) is 18.9 Å². The number of nitrogens with zero attached hydrogens (tertiary/aromatic N) is 2. The molecule has 0 saturated carbocycles. The highest BCUT2D eigenvalue weighted by atomic mass is 15.3. The monoisotopic (exact) mass is 215 g/mol. The molecule has 0 atom stereocenters. The Morgan fingerprint density at radius 3 is 2.38 bits per heavy atom. The van der Waals surface area contributed by atoms with Crippen molar-refractivity contribution in [2.45, 2.75) is 26.8 Å². The third kappa shape index (κ3) is 1.94. The van der Waals surface area contributed by atoms with Gasteiger partial charge >= 0.3 is 0 Å². The predicted molar refractivity (Wildman–Crippen MR) is 67.1 cm³/mol. The van der Waals surface area contributed by atoms with Gasteiger partial charge in [0, 0.05) is 18.3 Å². The topological polar surface area (TPSA) is 43.8 Å². The Balaban J connectivity index is 2.38. The molecule has 0 fully saturated rings. The molecule has 3 nitrogen and oxygen atoms in total. The summed E-state index contributed by atoms with van der Waals surface area (Å²) in [6.45, 7) is 5.04. The molecule has 3 heteroatoms. The molecule has 0 saturated heterocycles. The van der Waals surface area contributed by atoms with E-state index >= 15 is 0 Å². The van der Waals surface area contributed by atoms with Crippen LogP contribution in [0.15, 0.2) is 30.5 Å². The van der Waals surface area contributed by atoms with Crippen LogP contribution in [0.1, 0.15) is 19.4 Å². The molecular weight excluding hydrogens is 198 g/mol. The second-order valence-electron chi connectivity index (χ2n) is 3.84. The van der Waals surface area contributed by atoms with E-state index in [1.54, 1.807) is 0 Å². The van der Waals surface area contributed by atoms with Gasteiger partial charge in [0.1, 0.15) is 5.69 Å². The van der Waals surface area contributed by atoms with Crippen LogP contribution in [0.2, 0.25) is 0 Å². The fourth-order valence-electron chi connectivity index (χ4n) is 1.72. The highest BCUT2D eigenvalue weighted by Gasteiger charge is 2.07. The first-order valence-electron chi connectivity index (χ1n) is 5.66. The van der Waals surface area contributed by atoms with Crippen LogP contribution >= 0.6 is 0 Å². The number of anilines is 1. The minimum Gasteiger partial charge on any atom is -0.396 e. The molecule has 2 aromatic rings. The summed E-state index contributed by atoms with van der Waals surface area (Å²) in [5, 5.41) is 4.45. The molecule has 0 amide bonds. The highest BCUT2D eigenvalue weighted by molar-refractivity contribution is 5.71. The molecule has 0 aliphatic rings. The second kappa shape index (κ2) is 4.39. The van der Waals surface area contributed by atoms with Gasteiger partial charge in [-0.1, -0.05) is 31.2 Å². The molecule has 1 aromatic heterocycles. The Kier molecular flexibility index (Phi) is 2.95. The van der Waals surface area contributed by atoms with E-state index in [9.17, 15) is 0 Å². The molecule has 0 bridgehead atoms. The molecule has 1 aromatic carbocycles. The first-order chi connectivity index (χ1) is 7.74. The van der Waals surface area contributed by atoms with Crippen molar-refractivity contribution in [2.75, 3.05) is 5.73 Å². The van der Waals surface area contributed by atoms with Crippen LogP contribution in [0.25, 0.3) is 11.3 Å². The van der Waals surface area contributed by atoms with Crippen LogP contribution in [0.4, 0.5) is 5.69 Å². The number of rotatable bonds is 3. The van der Waals surface area contributed by atoms with Crippen molar-refractivity contribution >= 4 is 5.69 Å². The van der Waals surface area contributed by atoms with Crippen LogP contribution in [0, 0.1) is 0 Å². The van der Waals surface area contributed by atoms with Crippen molar-refractivity contribution in [3.63, 3.8) is 0 Å². The number of nitrogen functional groups attached to an aromatic ring is 1. The molecule has 16 heavy (non-hydrogen) atoms. The van der Waals surface area contributed by atoms with Crippen molar-refractivity contribution in [3.8, 4) is 11.3 Å². The van der Waals surface area contributed by atoms with Crippen molar-refractivity contribution in [3.05, 3.63) is 36.0 Å². The molecule has 2 N–H and O–H groups in total. The first kappa shape index (κ1) is 10.7. The van der Waals surface area contributed by atoms with Gasteiger partial charge < -0.3 is 5.73 Å². The lowest BCUT2D eigenvalue weighted by Gasteiger charge is -2.00. The van der Waals surface area contributed by atoms with Crippen molar-refractivity contribution in [1.82, 2.24) is 9.78 Å². The Labute approximate surface area is 95.9 Å². The van der Waals surface area contributed by atoms with Crippen LogP contribution in [0.3, 0.4) is 0 Å². The summed E-state index contributed by atoms with van der Waals surface area (Å²) in [5.74, 6) is 0. The average Bonchev–Trinajstić information content (AvgIpc) is 2.71. The van der Waals surface area contributed by atoms with Gasteiger partial charge in [0.2, 0.25) is 0 Å². The Morgan fingerprint density at radius 2 is 1.88 bits per heavy atom. The summed E-state index contributed by atoms with van der Waals surface area (Å²) >= 11 is 0. The zero-order chi connectivity index (χ0) is 11.5. The minimum atomic E-state index is 0.742. The van der Waals surface area contributed by atoms with Gasteiger partial charge in [-0.2, -0.15) is 5.10 Å². The number of hydrogen-bond donors (Lipinski definition) is 1. The van der Waals surface area contributed by atoms with E-state index < -0.39 is 0 Å². The number of aryl methyl sites for hydroxylation is 2. The van der Waals surface area contributed by atoms with E-state index in [2.05, 4.69) is 43.2 Å². The van der Waals surface area contributed by atoms with E-state index in [-0.39, 0.29) is 0 Å². The maximum absolute atomic E-state index is 5.94. The first-order valence-corrected chi connectivity index (χ1v) is 5.66. The van der Waals surface area contributed by atoms with Crippen LogP contribution in [-0.2, 0) is 13.0 Å². The van der Waals surface area contributed by atoms with Gasteiger partial charge in [0.25, 0.3) is 0 Å². The van der Waals surface area contributed by atoms with E-state index in [1.807, 2.05) is 10.9 Å². The summed E-state index contributed by atoms with van der Waals surface area (Å²) in [6.07, 6.45) is 2.93. The normalized spacial score (nSPS) is 10.6. The number of nitrogens with two attached hydrogens (primary N) is 1. The summed E-state index contributed by atoms with van der Waals surface area (Å²) in [6, 6.07) is 8.41. The van der Waals surface area contributed by atoms with E-state index in [1.165, 1.54) is 5.56 Å². The van der Waals surface area contributed by atoms with E-state index in [4.69, 9.17) is 5.73 Å². The molecular formula is C13H17N3. The zero-order valence-corrected chi connectivity index (χ0v) is 9.77. The van der Waals surface area contributed by atoms with Gasteiger partial charge in [-0.3, -0.25) is 4.68 Å². The third-order valence-electron chi connectivity index (χ3n) is 2.75. The van der Waals surface area contributed by atoms with Crippen molar-refractivity contribution in [1.29, 1.82) is 0 Å². The summed E-state index contributed by atoms with van der Waals surface area (Å²) in [5.41, 5.74) is 9.97. The fourth-order valence-corrected chi connectivity index (χ4v) is 1.72. The molecule has 0 radical (unpaired) electrons. The predicted octanol–water partition coefficient (Wildman–Crippen LogP) is 2.71. The Hall–Kier alpha value is -1.77. The van der Waals surface area contributed by atoms with Gasteiger partial charge in [-0.15, -0.1) is 0 Å². The maximum atomic E-state index is 5.94. The molecule has 0 unspecified atom stereocenters. The lowest BCUT2D eigenvalue weighted by molar-refractivity contribution is 0.662. The lowest BCUT2D eigenvalue weighted by atomic mass is 10.1. The number of benzene rings is 1. The molecule has 84 valence electrons. The van der Waals surface area contributed by atoms with Gasteiger partial charge in [-0.25, -0.2) is 0 Å². The number of hydrogen-bond acceptors (Lipinski definition) is 2. The van der Waals surface area contributed by atoms with E-state index in [0.717, 1.165) is 29.9 Å². The quantitative estimate of drug-likeness (QED) is 0.855. The fraction of sp³-hybridized carbons (Fsp3) is 0.308.